The van der Waals surface area contributed by atoms with E-state index in [0.717, 1.165) is 57.8 Å². The van der Waals surface area contributed by atoms with Crippen molar-refractivity contribution in [2.75, 3.05) is 13.2 Å². The number of aliphatic hydroxyl groups excluding tert-OH is 5. The SMILES string of the molecule is CC/C=C\C/C=C\C/C=C\C/C=C\C/C=C\C/C=C\CCC(=O)NC(COC1OC(CO)C(O)C(O)C1O)C(O)CCCCCCCCCCCCCCCCCCCCCCCCCCCCC. The van der Waals surface area contributed by atoms with Crippen LogP contribution in [-0.4, -0.2) is 87.5 Å². The zero-order valence-electron chi connectivity index (χ0n) is 44.3. The van der Waals surface area contributed by atoms with E-state index in [1.54, 1.807) is 0 Å². The van der Waals surface area contributed by atoms with Crippen molar-refractivity contribution in [3.8, 4) is 0 Å². The van der Waals surface area contributed by atoms with E-state index >= 15 is 0 Å². The minimum absolute atomic E-state index is 0.172. The van der Waals surface area contributed by atoms with Crippen LogP contribution in [0.4, 0.5) is 0 Å². The molecule has 400 valence electrons. The Balaban J connectivity index is 2.24. The number of amides is 1. The Morgan fingerprint density at radius 3 is 1.25 bits per heavy atom. The second kappa shape index (κ2) is 49.2. The summed E-state index contributed by atoms with van der Waals surface area (Å²) in [5.41, 5.74) is 0. The Bertz CT molecular complexity index is 1310. The van der Waals surface area contributed by atoms with E-state index in [4.69, 9.17) is 9.47 Å². The zero-order chi connectivity index (χ0) is 50.1. The lowest BCUT2D eigenvalue weighted by molar-refractivity contribution is -0.302. The van der Waals surface area contributed by atoms with E-state index in [2.05, 4.69) is 79.9 Å². The summed E-state index contributed by atoms with van der Waals surface area (Å²) < 4.78 is 11.3. The Hall–Kier alpha value is -2.37. The summed E-state index contributed by atoms with van der Waals surface area (Å²) in [5, 5.41) is 54.6. The van der Waals surface area contributed by atoms with Crippen molar-refractivity contribution in [3.05, 3.63) is 72.9 Å². The maximum Gasteiger partial charge on any atom is 0.220 e. The molecule has 0 aromatic rings. The average Bonchev–Trinajstić information content (AvgIpc) is 3.35. The minimum Gasteiger partial charge on any atom is -0.394 e. The molecule has 0 saturated carbocycles. The fourth-order valence-electron chi connectivity index (χ4n) is 8.83. The maximum atomic E-state index is 13.0. The number of hydrogen-bond donors (Lipinski definition) is 6. The lowest BCUT2D eigenvalue weighted by atomic mass is 9.99. The van der Waals surface area contributed by atoms with Crippen molar-refractivity contribution in [2.24, 2.45) is 0 Å². The minimum atomic E-state index is -1.57. The van der Waals surface area contributed by atoms with Crippen molar-refractivity contribution in [1.82, 2.24) is 5.32 Å². The van der Waals surface area contributed by atoms with Crippen LogP contribution in [0.5, 0.6) is 0 Å². The van der Waals surface area contributed by atoms with E-state index in [1.165, 1.54) is 154 Å². The second-order valence-electron chi connectivity index (χ2n) is 19.7. The number of carbonyl (C=O) groups is 1. The first-order valence-electron chi connectivity index (χ1n) is 28.6. The average molecular weight is 971 g/mol. The fraction of sp³-hybridized carbons (Fsp3) is 0.783. The third kappa shape index (κ3) is 38.9. The van der Waals surface area contributed by atoms with Crippen LogP contribution in [0.15, 0.2) is 72.9 Å². The van der Waals surface area contributed by atoms with Gasteiger partial charge in [-0.25, -0.2) is 0 Å². The summed E-state index contributed by atoms with van der Waals surface area (Å²) in [5.74, 6) is -0.226. The molecule has 0 aromatic carbocycles. The van der Waals surface area contributed by atoms with Crippen LogP contribution in [0.3, 0.4) is 0 Å². The molecular formula is C60H107NO8. The molecule has 1 fully saturated rings. The van der Waals surface area contributed by atoms with Crippen molar-refractivity contribution in [1.29, 1.82) is 0 Å². The molecule has 6 N–H and O–H groups in total. The molecule has 1 aliphatic heterocycles. The van der Waals surface area contributed by atoms with Gasteiger partial charge in [0.1, 0.15) is 24.4 Å². The number of rotatable bonds is 48. The van der Waals surface area contributed by atoms with Gasteiger partial charge in [-0.2, -0.15) is 0 Å². The lowest BCUT2D eigenvalue weighted by Crippen LogP contribution is -2.60. The number of hydrogen-bond acceptors (Lipinski definition) is 8. The molecule has 0 bridgehead atoms. The number of aliphatic hydroxyl groups is 5. The number of ether oxygens (including phenoxy) is 2. The predicted molar refractivity (Wildman–Crippen MR) is 290 cm³/mol. The van der Waals surface area contributed by atoms with E-state index in [-0.39, 0.29) is 18.9 Å². The molecule has 1 rings (SSSR count). The van der Waals surface area contributed by atoms with Gasteiger partial charge >= 0.3 is 0 Å². The predicted octanol–water partition coefficient (Wildman–Crippen LogP) is 14.1. The quantitative estimate of drug-likeness (QED) is 0.0261. The molecular weight excluding hydrogens is 863 g/mol. The standard InChI is InChI=1S/C60H107NO8/c1-3-5-7-9-11-13-15-17-19-21-23-24-25-26-27-28-29-30-32-33-35-37-39-41-43-45-47-49-54(63)53(52-68-60-59(67)58(66)57(65)55(51-62)69-60)61-56(64)50-48-46-44-42-40-38-36-34-31-22-20-18-16-14-12-10-8-6-4-2/h6,8,12,14,18,20,31,34,38,40,44,46,53-55,57-60,62-63,65-67H,3-5,7,9-11,13,15-17,19,21-30,32-33,35-37,39,41-43,45,47-52H2,1-2H3,(H,61,64)/b8-6-,14-12-,20-18-,34-31-,40-38-,46-44-. The van der Waals surface area contributed by atoms with Crippen LogP contribution >= 0.6 is 0 Å². The topological polar surface area (TPSA) is 149 Å². The Morgan fingerprint density at radius 1 is 0.507 bits per heavy atom. The molecule has 9 heteroatoms. The lowest BCUT2D eigenvalue weighted by Gasteiger charge is -2.40. The van der Waals surface area contributed by atoms with Gasteiger partial charge in [0.15, 0.2) is 6.29 Å². The van der Waals surface area contributed by atoms with Gasteiger partial charge < -0.3 is 40.3 Å². The van der Waals surface area contributed by atoms with Crippen molar-refractivity contribution in [2.45, 2.75) is 288 Å². The van der Waals surface area contributed by atoms with Gasteiger partial charge in [-0.3, -0.25) is 4.79 Å². The van der Waals surface area contributed by atoms with Gasteiger partial charge in [0.05, 0.1) is 25.4 Å². The monoisotopic (exact) mass is 970 g/mol. The van der Waals surface area contributed by atoms with Gasteiger partial charge in [0.25, 0.3) is 0 Å². The first-order valence-corrected chi connectivity index (χ1v) is 28.6. The van der Waals surface area contributed by atoms with Crippen molar-refractivity contribution < 1.29 is 39.8 Å². The third-order valence-corrected chi connectivity index (χ3v) is 13.3. The summed E-state index contributed by atoms with van der Waals surface area (Å²) in [6, 6.07) is -0.765. The normalized spacial score (nSPS) is 20.0. The maximum absolute atomic E-state index is 13.0. The van der Waals surface area contributed by atoms with E-state index in [0.29, 0.717) is 12.8 Å². The third-order valence-electron chi connectivity index (χ3n) is 13.3. The van der Waals surface area contributed by atoms with E-state index < -0.39 is 49.5 Å². The van der Waals surface area contributed by atoms with Gasteiger partial charge in [-0.05, 0) is 51.4 Å². The zero-order valence-corrected chi connectivity index (χ0v) is 44.3. The summed E-state index contributed by atoms with van der Waals surface area (Å²) >= 11 is 0. The number of carbonyl (C=O) groups excluding carboxylic acids is 1. The molecule has 1 aliphatic rings. The van der Waals surface area contributed by atoms with Crippen LogP contribution in [0.25, 0.3) is 0 Å². The highest BCUT2D eigenvalue weighted by molar-refractivity contribution is 5.76. The van der Waals surface area contributed by atoms with Gasteiger partial charge in [0, 0.05) is 6.42 Å². The van der Waals surface area contributed by atoms with Gasteiger partial charge in [0.2, 0.25) is 5.91 Å². The van der Waals surface area contributed by atoms with Crippen molar-refractivity contribution >= 4 is 5.91 Å². The molecule has 69 heavy (non-hydrogen) atoms. The summed E-state index contributed by atoms with van der Waals surface area (Å²) in [7, 11) is 0. The number of nitrogens with one attached hydrogen (secondary N) is 1. The highest BCUT2D eigenvalue weighted by atomic mass is 16.7. The molecule has 7 atom stereocenters. The molecule has 9 nitrogen and oxygen atoms in total. The molecule has 0 aliphatic carbocycles. The first-order chi connectivity index (χ1) is 33.8. The molecule has 0 spiro atoms. The van der Waals surface area contributed by atoms with Gasteiger partial charge in [-0.1, -0.05) is 260 Å². The summed E-state index contributed by atoms with van der Waals surface area (Å²) in [6.07, 6.45) is 60.9. The Morgan fingerprint density at radius 2 is 0.870 bits per heavy atom. The van der Waals surface area contributed by atoms with Crippen LogP contribution < -0.4 is 5.32 Å². The van der Waals surface area contributed by atoms with E-state index in [9.17, 15) is 30.3 Å². The summed E-state index contributed by atoms with van der Waals surface area (Å²) in [6.45, 7) is 3.69. The van der Waals surface area contributed by atoms with Crippen molar-refractivity contribution in [3.63, 3.8) is 0 Å². The second-order valence-corrected chi connectivity index (χ2v) is 19.7. The summed E-state index contributed by atoms with van der Waals surface area (Å²) in [4.78, 5) is 13.0. The molecule has 1 heterocycles. The molecule has 0 radical (unpaired) electrons. The molecule has 1 saturated heterocycles. The smallest absolute Gasteiger partial charge is 0.220 e. The van der Waals surface area contributed by atoms with Crippen LogP contribution in [-0.2, 0) is 14.3 Å². The highest BCUT2D eigenvalue weighted by Crippen LogP contribution is 2.23. The van der Waals surface area contributed by atoms with E-state index in [1.807, 2.05) is 12.2 Å². The highest BCUT2D eigenvalue weighted by Gasteiger charge is 2.44. The van der Waals surface area contributed by atoms with Crippen LogP contribution in [0, 0.1) is 0 Å². The molecule has 7 unspecified atom stereocenters. The fourth-order valence-corrected chi connectivity index (χ4v) is 8.83. The van der Waals surface area contributed by atoms with Crippen LogP contribution in [0.1, 0.15) is 245 Å². The number of allylic oxidation sites excluding steroid dienone is 12. The molecule has 0 aromatic heterocycles. The Labute approximate surface area is 423 Å². The van der Waals surface area contributed by atoms with Gasteiger partial charge in [-0.15, -0.1) is 0 Å². The Kier molecular flexibility index (Phi) is 46.1. The number of unbranched alkanes of at least 4 members (excludes halogenated alkanes) is 26. The van der Waals surface area contributed by atoms with Crippen LogP contribution in [0.2, 0.25) is 0 Å². The largest absolute Gasteiger partial charge is 0.394 e. The molecule has 1 amide bonds. The first kappa shape index (κ1) is 64.6.